The summed E-state index contributed by atoms with van der Waals surface area (Å²) in [5, 5.41) is 3.52. The van der Waals surface area contributed by atoms with Gasteiger partial charge in [0, 0.05) is 16.6 Å². The number of methoxy groups -OCH3 is 1. The summed E-state index contributed by atoms with van der Waals surface area (Å²) in [7, 11) is 1.68. The Morgan fingerprint density at radius 1 is 1.29 bits per heavy atom. The van der Waals surface area contributed by atoms with Crippen LogP contribution in [0.3, 0.4) is 0 Å². The molecule has 0 aliphatic heterocycles. The minimum atomic E-state index is 0.422. The zero-order valence-corrected chi connectivity index (χ0v) is 12.8. The lowest BCUT2D eigenvalue weighted by Crippen LogP contribution is -2.18. The van der Waals surface area contributed by atoms with Crippen LogP contribution in [0.2, 0.25) is 0 Å². The Bertz CT molecular complexity index is 432. The number of benzene rings is 1. The highest BCUT2D eigenvalue weighted by Crippen LogP contribution is 2.35. The standard InChI is InChI=1S/C13H15Br2NO/c1-17-13-8-12(10(14)7-11(13)15)16-9-5-3-2-4-6-9/h3,5,7-9,16H,2,4,6H2,1H3. The second kappa shape index (κ2) is 5.91. The predicted molar refractivity (Wildman–Crippen MR) is 78.8 cm³/mol. The first-order valence-electron chi connectivity index (χ1n) is 5.67. The average Bonchev–Trinajstić information content (AvgIpc) is 2.34. The predicted octanol–water partition coefficient (Wildman–Crippen LogP) is 4.74. The van der Waals surface area contributed by atoms with Gasteiger partial charge >= 0.3 is 0 Å². The maximum absolute atomic E-state index is 5.30. The van der Waals surface area contributed by atoms with Gasteiger partial charge in [-0.25, -0.2) is 0 Å². The van der Waals surface area contributed by atoms with Gasteiger partial charge in [0.15, 0.2) is 0 Å². The molecule has 92 valence electrons. The van der Waals surface area contributed by atoms with Crippen molar-refractivity contribution < 1.29 is 4.74 Å². The number of anilines is 1. The molecule has 0 radical (unpaired) electrons. The molecule has 1 atom stereocenters. The van der Waals surface area contributed by atoms with E-state index in [1.54, 1.807) is 7.11 Å². The molecule has 0 saturated heterocycles. The number of ether oxygens (including phenoxy) is 1. The topological polar surface area (TPSA) is 21.3 Å². The van der Waals surface area contributed by atoms with Crippen LogP contribution < -0.4 is 10.1 Å². The number of hydrogen-bond acceptors (Lipinski definition) is 2. The van der Waals surface area contributed by atoms with Crippen LogP contribution in [-0.4, -0.2) is 13.2 Å². The lowest BCUT2D eigenvalue weighted by atomic mass is 10.0. The molecule has 1 aliphatic rings. The third kappa shape index (κ3) is 3.26. The molecule has 0 bridgehead atoms. The van der Waals surface area contributed by atoms with E-state index in [-0.39, 0.29) is 0 Å². The first kappa shape index (κ1) is 13.0. The normalized spacial score (nSPS) is 19.1. The Hall–Kier alpha value is -0.480. The van der Waals surface area contributed by atoms with E-state index in [1.807, 2.05) is 12.1 Å². The van der Waals surface area contributed by atoms with E-state index in [2.05, 4.69) is 49.3 Å². The van der Waals surface area contributed by atoms with Crippen LogP contribution in [0.15, 0.2) is 33.2 Å². The van der Waals surface area contributed by atoms with Crippen molar-refractivity contribution in [1.29, 1.82) is 0 Å². The van der Waals surface area contributed by atoms with E-state index in [1.165, 1.54) is 19.3 Å². The molecule has 0 saturated carbocycles. The number of rotatable bonds is 3. The summed E-state index contributed by atoms with van der Waals surface area (Å²) in [5.41, 5.74) is 1.07. The van der Waals surface area contributed by atoms with Crippen molar-refractivity contribution in [2.45, 2.75) is 25.3 Å². The first-order valence-corrected chi connectivity index (χ1v) is 7.25. The number of allylic oxidation sites excluding steroid dienone is 1. The van der Waals surface area contributed by atoms with Crippen molar-refractivity contribution >= 4 is 37.5 Å². The first-order chi connectivity index (χ1) is 8.20. The minimum absolute atomic E-state index is 0.422. The quantitative estimate of drug-likeness (QED) is 0.786. The molecular formula is C13H15Br2NO. The molecule has 2 nitrogen and oxygen atoms in total. The van der Waals surface area contributed by atoms with Gasteiger partial charge in [-0.2, -0.15) is 0 Å². The van der Waals surface area contributed by atoms with E-state index in [9.17, 15) is 0 Å². The van der Waals surface area contributed by atoms with Crippen LogP contribution in [0.1, 0.15) is 19.3 Å². The summed E-state index contributed by atoms with van der Waals surface area (Å²) in [6.07, 6.45) is 8.11. The maximum Gasteiger partial charge on any atom is 0.135 e. The van der Waals surface area contributed by atoms with E-state index in [0.29, 0.717) is 6.04 Å². The highest BCUT2D eigenvalue weighted by atomic mass is 79.9. The third-order valence-corrected chi connectivity index (χ3v) is 4.11. The van der Waals surface area contributed by atoms with E-state index < -0.39 is 0 Å². The molecule has 1 aliphatic carbocycles. The van der Waals surface area contributed by atoms with Crippen LogP contribution >= 0.6 is 31.9 Å². The number of hydrogen-bond donors (Lipinski definition) is 1. The Morgan fingerprint density at radius 3 is 2.76 bits per heavy atom. The minimum Gasteiger partial charge on any atom is -0.495 e. The molecular weight excluding hydrogens is 346 g/mol. The number of nitrogens with one attached hydrogen (secondary N) is 1. The van der Waals surface area contributed by atoms with E-state index in [4.69, 9.17) is 4.74 Å². The van der Waals surface area contributed by atoms with Crippen molar-refractivity contribution in [2.24, 2.45) is 0 Å². The summed E-state index contributed by atoms with van der Waals surface area (Å²) in [6, 6.07) is 4.44. The molecule has 0 spiro atoms. The fourth-order valence-electron chi connectivity index (χ4n) is 1.93. The fraction of sp³-hybridized carbons (Fsp3) is 0.385. The second-order valence-corrected chi connectivity index (χ2v) is 5.79. The monoisotopic (exact) mass is 359 g/mol. The van der Waals surface area contributed by atoms with Crippen molar-refractivity contribution in [3.8, 4) is 5.75 Å². The maximum atomic E-state index is 5.30. The van der Waals surface area contributed by atoms with Gasteiger partial charge in [0.25, 0.3) is 0 Å². The van der Waals surface area contributed by atoms with Gasteiger partial charge < -0.3 is 10.1 Å². The molecule has 0 fully saturated rings. The summed E-state index contributed by atoms with van der Waals surface area (Å²) >= 11 is 7.03. The Morgan fingerprint density at radius 2 is 2.12 bits per heavy atom. The molecule has 1 aromatic carbocycles. The lowest BCUT2D eigenvalue weighted by molar-refractivity contribution is 0.412. The highest BCUT2D eigenvalue weighted by Gasteiger charge is 2.12. The van der Waals surface area contributed by atoms with Gasteiger partial charge in [0.2, 0.25) is 0 Å². The molecule has 0 heterocycles. The third-order valence-electron chi connectivity index (χ3n) is 2.84. The van der Waals surface area contributed by atoms with Crippen LogP contribution in [0.5, 0.6) is 5.75 Å². The summed E-state index contributed by atoms with van der Waals surface area (Å²) in [5.74, 6) is 0.843. The fourth-order valence-corrected chi connectivity index (χ4v) is 3.20. The van der Waals surface area contributed by atoms with Gasteiger partial charge in [-0.1, -0.05) is 12.2 Å². The van der Waals surface area contributed by atoms with Gasteiger partial charge in [0.1, 0.15) is 5.75 Å². The number of halogens is 2. The van der Waals surface area contributed by atoms with E-state index >= 15 is 0 Å². The zero-order valence-electron chi connectivity index (χ0n) is 9.67. The van der Waals surface area contributed by atoms with Crippen molar-refractivity contribution in [3.63, 3.8) is 0 Å². The van der Waals surface area contributed by atoms with Crippen LogP contribution in [0, 0.1) is 0 Å². The SMILES string of the molecule is COc1cc(NC2C=CCCC2)c(Br)cc1Br. The molecule has 0 aromatic heterocycles. The zero-order chi connectivity index (χ0) is 12.3. The molecule has 4 heteroatoms. The Balaban J connectivity index is 2.19. The van der Waals surface area contributed by atoms with Crippen LogP contribution in [0.25, 0.3) is 0 Å². The summed E-state index contributed by atoms with van der Waals surface area (Å²) < 4.78 is 7.30. The Labute approximate surface area is 119 Å². The van der Waals surface area contributed by atoms with Crippen LogP contribution in [-0.2, 0) is 0 Å². The molecule has 1 N–H and O–H groups in total. The summed E-state index contributed by atoms with van der Waals surface area (Å²) in [4.78, 5) is 0. The van der Waals surface area contributed by atoms with Gasteiger partial charge in [-0.3, -0.25) is 0 Å². The highest BCUT2D eigenvalue weighted by molar-refractivity contribution is 9.11. The van der Waals surface area contributed by atoms with Gasteiger partial charge in [-0.15, -0.1) is 0 Å². The largest absolute Gasteiger partial charge is 0.495 e. The van der Waals surface area contributed by atoms with E-state index in [0.717, 1.165) is 20.4 Å². The Kier molecular flexibility index (Phi) is 4.51. The van der Waals surface area contributed by atoms with Gasteiger partial charge in [0.05, 0.1) is 17.3 Å². The lowest BCUT2D eigenvalue weighted by Gasteiger charge is -2.20. The van der Waals surface area contributed by atoms with Crippen molar-refractivity contribution in [2.75, 3.05) is 12.4 Å². The molecule has 0 amide bonds. The van der Waals surface area contributed by atoms with Crippen molar-refractivity contribution in [3.05, 3.63) is 33.2 Å². The van der Waals surface area contributed by atoms with Crippen molar-refractivity contribution in [1.82, 2.24) is 0 Å². The van der Waals surface area contributed by atoms with Gasteiger partial charge in [-0.05, 0) is 57.2 Å². The average molecular weight is 361 g/mol. The molecule has 1 unspecified atom stereocenters. The van der Waals surface area contributed by atoms with Crippen LogP contribution in [0.4, 0.5) is 5.69 Å². The summed E-state index contributed by atoms with van der Waals surface area (Å²) in [6.45, 7) is 0. The molecule has 2 rings (SSSR count). The molecule has 17 heavy (non-hydrogen) atoms. The molecule has 1 aromatic rings. The second-order valence-electron chi connectivity index (χ2n) is 4.08. The smallest absolute Gasteiger partial charge is 0.135 e.